The maximum atomic E-state index is 11.4. The van der Waals surface area contributed by atoms with E-state index >= 15 is 0 Å². The van der Waals surface area contributed by atoms with Crippen LogP contribution in [-0.2, 0) is 28.8 Å². The van der Waals surface area contributed by atoms with E-state index in [2.05, 4.69) is 4.84 Å². The zero-order chi connectivity index (χ0) is 15.0. The number of amides is 2. The molecule has 0 bridgehead atoms. The summed E-state index contributed by atoms with van der Waals surface area (Å²) in [5.41, 5.74) is 0. The fraction of sp³-hybridized carbons (Fsp3) is 0.692. The van der Waals surface area contributed by atoms with Gasteiger partial charge in [0, 0.05) is 32.3 Å². The van der Waals surface area contributed by atoms with E-state index in [0.717, 1.165) is 0 Å². The van der Waals surface area contributed by atoms with E-state index in [1.807, 2.05) is 0 Å². The minimum Gasteiger partial charge on any atom is -0.381 e. The average Bonchev–Trinajstić information content (AvgIpc) is 2.74. The molecular weight excluding hydrogens is 266 g/mol. The van der Waals surface area contributed by atoms with Crippen LogP contribution in [-0.4, -0.2) is 41.8 Å². The summed E-state index contributed by atoms with van der Waals surface area (Å²) in [6.45, 7) is 2.33. The summed E-state index contributed by atoms with van der Waals surface area (Å²) in [4.78, 5) is 49.4. The number of rotatable bonds is 9. The third-order valence-corrected chi connectivity index (χ3v) is 2.79. The van der Waals surface area contributed by atoms with Crippen molar-refractivity contribution in [3.8, 4) is 0 Å². The normalized spacial score (nSPS) is 14.8. The van der Waals surface area contributed by atoms with Crippen LogP contribution < -0.4 is 0 Å². The molecule has 0 saturated carbocycles. The van der Waals surface area contributed by atoms with Crippen LogP contribution in [0.4, 0.5) is 0 Å². The van der Waals surface area contributed by atoms with Gasteiger partial charge in [0.1, 0.15) is 5.78 Å². The summed E-state index contributed by atoms with van der Waals surface area (Å²) in [6.07, 6.45) is 1.72. The number of ketones is 1. The van der Waals surface area contributed by atoms with Gasteiger partial charge < -0.3 is 9.57 Å². The molecule has 1 rings (SSSR count). The van der Waals surface area contributed by atoms with Crippen LogP contribution in [0.5, 0.6) is 0 Å². The first kappa shape index (κ1) is 16.3. The van der Waals surface area contributed by atoms with Crippen molar-refractivity contribution in [2.24, 2.45) is 0 Å². The maximum absolute atomic E-state index is 11.4. The lowest BCUT2D eigenvalue weighted by Crippen LogP contribution is -2.32. The molecule has 1 saturated heterocycles. The summed E-state index contributed by atoms with van der Waals surface area (Å²) in [5, 5.41) is 0.516. The molecule has 7 heteroatoms. The van der Waals surface area contributed by atoms with Crippen molar-refractivity contribution in [1.82, 2.24) is 5.06 Å². The van der Waals surface area contributed by atoms with Gasteiger partial charge in [0.05, 0.1) is 13.0 Å². The summed E-state index contributed by atoms with van der Waals surface area (Å²) < 4.78 is 5.18. The zero-order valence-electron chi connectivity index (χ0n) is 11.6. The Balaban J connectivity index is 2.07. The lowest BCUT2D eigenvalue weighted by Gasteiger charge is -2.12. The van der Waals surface area contributed by atoms with Crippen LogP contribution in [0, 0.1) is 0 Å². The molecule has 0 N–H and O–H groups in total. The van der Waals surface area contributed by atoms with E-state index in [1.54, 1.807) is 6.92 Å². The molecule has 7 nitrogen and oxygen atoms in total. The highest BCUT2D eigenvalue weighted by atomic mass is 16.7. The first-order chi connectivity index (χ1) is 9.54. The van der Waals surface area contributed by atoms with E-state index in [0.29, 0.717) is 30.9 Å². The third-order valence-electron chi connectivity index (χ3n) is 2.79. The Kier molecular flexibility index (Phi) is 6.86. The SMILES string of the molecule is CCC(=O)CCCOCCC(=O)ON1C(=O)CCC1=O. The fourth-order valence-corrected chi connectivity index (χ4v) is 1.61. The molecule has 0 aromatic heterocycles. The van der Waals surface area contributed by atoms with E-state index in [-0.39, 0.29) is 31.7 Å². The van der Waals surface area contributed by atoms with Gasteiger partial charge in [-0.15, -0.1) is 5.06 Å². The van der Waals surface area contributed by atoms with Gasteiger partial charge >= 0.3 is 5.97 Å². The van der Waals surface area contributed by atoms with Crippen LogP contribution >= 0.6 is 0 Å². The van der Waals surface area contributed by atoms with E-state index in [9.17, 15) is 19.2 Å². The number of carbonyl (C=O) groups excluding carboxylic acids is 4. The molecule has 1 heterocycles. The van der Waals surface area contributed by atoms with Crippen LogP contribution in [0.2, 0.25) is 0 Å². The van der Waals surface area contributed by atoms with Crippen molar-refractivity contribution in [3.63, 3.8) is 0 Å². The number of carbonyl (C=O) groups is 4. The number of nitrogens with zero attached hydrogens (tertiary/aromatic N) is 1. The van der Waals surface area contributed by atoms with Crippen molar-refractivity contribution < 1.29 is 28.8 Å². The number of imide groups is 1. The van der Waals surface area contributed by atoms with Gasteiger partial charge in [-0.05, 0) is 6.42 Å². The molecule has 0 aromatic rings. The lowest BCUT2D eigenvalue weighted by molar-refractivity contribution is -0.198. The summed E-state index contributed by atoms with van der Waals surface area (Å²) in [7, 11) is 0. The minimum absolute atomic E-state index is 0.0429. The first-order valence-corrected chi connectivity index (χ1v) is 6.70. The summed E-state index contributed by atoms with van der Waals surface area (Å²) >= 11 is 0. The predicted molar refractivity (Wildman–Crippen MR) is 67.1 cm³/mol. The molecular formula is C13H19NO6. The molecule has 112 valence electrons. The highest BCUT2D eigenvalue weighted by Crippen LogP contribution is 2.12. The Morgan fingerprint density at radius 2 is 1.75 bits per heavy atom. The predicted octanol–water partition coefficient (Wildman–Crippen LogP) is 0.760. The van der Waals surface area contributed by atoms with Gasteiger partial charge in [-0.3, -0.25) is 14.4 Å². The van der Waals surface area contributed by atoms with Gasteiger partial charge in [-0.2, -0.15) is 0 Å². The van der Waals surface area contributed by atoms with Crippen molar-refractivity contribution in [2.75, 3.05) is 13.2 Å². The Hall–Kier alpha value is -1.76. The topological polar surface area (TPSA) is 90.0 Å². The molecule has 2 amide bonds. The van der Waals surface area contributed by atoms with Crippen molar-refractivity contribution in [1.29, 1.82) is 0 Å². The average molecular weight is 285 g/mol. The minimum atomic E-state index is -0.682. The molecule has 0 aliphatic carbocycles. The monoisotopic (exact) mass is 285 g/mol. The number of hydroxylamine groups is 2. The lowest BCUT2D eigenvalue weighted by atomic mass is 10.2. The van der Waals surface area contributed by atoms with Gasteiger partial charge in [-0.25, -0.2) is 4.79 Å². The summed E-state index contributed by atoms with van der Waals surface area (Å²) in [5.74, 6) is -1.50. The molecule has 20 heavy (non-hydrogen) atoms. The number of Topliss-reactive ketones (excluding diaryl/α,β-unsaturated/α-hetero) is 1. The highest BCUT2D eigenvalue weighted by molar-refractivity contribution is 6.01. The largest absolute Gasteiger partial charge is 0.381 e. The standard InChI is InChI=1S/C13H19NO6/c1-2-10(15)4-3-8-19-9-7-13(18)20-14-11(16)5-6-12(14)17/h2-9H2,1H3. The molecule has 1 aliphatic rings. The van der Waals surface area contributed by atoms with Crippen LogP contribution in [0.15, 0.2) is 0 Å². The summed E-state index contributed by atoms with van der Waals surface area (Å²) in [6, 6.07) is 0. The van der Waals surface area contributed by atoms with Crippen molar-refractivity contribution in [2.45, 2.75) is 45.4 Å². The molecule has 0 aromatic carbocycles. The molecule has 1 aliphatic heterocycles. The van der Waals surface area contributed by atoms with Crippen molar-refractivity contribution >= 4 is 23.6 Å². The van der Waals surface area contributed by atoms with Gasteiger partial charge in [0.25, 0.3) is 11.8 Å². The molecule has 0 atom stereocenters. The molecule has 0 radical (unpaired) electrons. The number of ether oxygens (including phenoxy) is 1. The second-order valence-electron chi connectivity index (χ2n) is 4.40. The van der Waals surface area contributed by atoms with Crippen molar-refractivity contribution in [3.05, 3.63) is 0 Å². The van der Waals surface area contributed by atoms with E-state index in [4.69, 9.17) is 4.74 Å². The van der Waals surface area contributed by atoms with Gasteiger partial charge in [0.2, 0.25) is 0 Å². The Morgan fingerprint density at radius 1 is 1.10 bits per heavy atom. The van der Waals surface area contributed by atoms with Crippen LogP contribution in [0.3, 0.4) is 0 Å². The fourth-order valence-electron chi connectivity index (χ4n) is 1.61. The number of hydrogen-bond donors (Lipinski definition) is 0. The molecule has 0 spiro atoms. The van der Waals surface area contributed by atoms with Gasteiger partial charge in [-0.1, -0.05) is 6.92 Å². The van der Waals surface area contributed by atoms with Crippen LogP contribution in [0.1, 0.15) is 45.4 Å². The highest BCUT2D eigenvalue weighted by Gasteiger charge is 2.32. The number of hydrogen-bond acceptors (Lipinski definition) is 6. The second-order valence-corrected chi connectivity index (χ2v) is 4.40. The van der Waals surface area contributed by atoms with Crippen LogP contribution in [0.25, 0.3) is 0 Å². The van der Waals surface area contributed by atoms with E-state index in [1.165, 1.54) is 0 Å². The van der Waals surface area contributed by atoms with Gasteiger partial charge in [0.15, 0.2) is 0 Å². The maximum Gasteiger partial charge on any atom is 0.335 e. The second kappa shape index (κ2) is 8.42. The smallest absolute Gasteiger partial charge is 0.335 e. The Morgan fingerprint density at radius 3 is 2.35 bits per heavy atom. The zero-order valence-corrected chi connectivity index (χ0v) is 11.6. The first-order valence-electron chi connectivity index (χ1n) is 6.70. The Labute approximate surface area is 117 Å². The molecule has 1 fully saturated rings. The quantitative estimate of drug-likeness (QED) is 0.459. The molecule has 0 unspecified atom stereocenters. The Bertz CT molecular complexity index is 376. The third kappa shape index (κ3) is 5.48. The van der Waals surface area contributed by atoms with E-state index < -0.39 is 17.8 Å².